The Balaban J connectivity index is 1.84. The van der Waals surface area contributed by atoms with Crippen LogP contribution in [0.5, 0.6) is 0 Å². The van der Waals surface area contributed by atoms with Crippen LogP contribution in [0.3, 0.4) is 0 Å². The minimum Gasteiger partial charge on any atom is -0.369 e. The van der Waals surface area contributed by atoms with Crippen LogP contribution in [0.15, 0.2) is 10.9 Å². The van der Waals surface area contributed by atoms with Gasteiger partial charge in [-0.15, -0.1) is 0 Å². The van der Waals surface area contributed by atoms with Crippen LogP contribution in [0.4, 0.5) is 5.82 Å². The monoisotopic (exact) mass is 261 g/mol. The van der Waals surface area contributed by atoms with Crippen molar-refractivity contribution < 1.29 is 0 Å². The fourth-order valence-corrected chi connectivity index (χ4v) is 2.57. The van der Waals surface area contributed by atoms with E-state index in [0.29, 0.717) is 22.8 Å². The third-order valence-electron chi connectivity index (χ3n) is 4.31. The number of nitrogens with zero attached hydrogens (tertiary/aromatic N) is 3. The van der Waals surface area contributed by atoms with Gasteiger partial charge in [0.1, 0.15) is 11.6 Å². The average Bonchev–Trinajstić information content (AvgIpc) is 3.06. The maximum absolute atomic E-state index is 11.5. The lowest BCUT2D eigenvalue weighted by molar-refractivity contribution is 0.380. The molecule has 102 valence electrons. The first-order valence-electron chi connectivity index (χ1n) is 6.70. The minimum absolute atomic E-state index is 0.243. The summed E-state index contributed by atoms with van der Waals surface area (Å²) in [6.45, 7) is 7.28. The van der Waals surface area contributed by atoms with Crippen LogP contribution in [-0.4, -0.2) is 26.1 Å². The number of rotatable bonds is 4. The van der Waals surface area contributed by atoms with E-state index in [9.17, 15) is 4.79 Å². The van der Waals surface area contributed by atoms with E-state index in [-0.39, 0.29) is 5.69 Å². The summed E-state index contributed by atoms with van der Waals surface area (Å²) in [6, 6.07) is 1.81. The van der Waals surface area contributed by atoms with E-state index >= 15 is 0 Å². The first-order valence-corrected chi connectivity index (χ1v) is 6.70. The van der Waals surface area contributed by atoms with Crippen LogP contribution in [-0.2, 0) is 0 Å². The smallest absolute Gasteiger partial charge is 0.349 e. The molecule has 3 rings (SSSR count). The molecule has 1 saturated carbocycles. The summed E-state index contributed by atoms with van der Waals surface area (Å²) in [5.41, 5.74) is 0.786. The number of aromatic nitrogens is 4. The van der Waals surface area contributed by atoms with E-state index in [1.165, 1.54) is 17.2 Å². The van der Waals surface area contributed by atoms with Crippen LogP contribution in [0.2, 0.25) is 0 Å². The summed E-state index contributed by atoms with van der Waals surface area (Å²) < 4.78 is 1.47. The van der Waals surface area contributed by atoms with Gasteiger partial charge in [-0.2, -0.15) is 5.10 Å². The molecule has 6 heteroatoms. The number of fused-ring (bicyclic) bond motifs is 1. The van der Waals surface area contributed by atoms with Crippen molar-refractivity contribution in [3.05, 3.63) is 22.4 Å². The quantitative estimate of drug-likeness (QED) is 0.876. The second kappa shape index (κ2) is 4.08. The van der Waals surface area contributed by atoms with Gasteiger partial charge in [0.25, 0.3) is 0 Å². The standard InChI is InChI=1S/C13H19N5O/c1-8(2)13(4-5-13)7-14-10-6-11-16-17-12(19)18(11)9(3)15-10/h6,8,14H,4-5,7H2,1-3H3,(H,17,19). The molecule has 0 aromatic carbocycles. The molecule has 0 atom stereocenters. The van der Waals surface area contributed by atoms with E-state index in [2.05, 4.69) is 34.3 Å². The summed E-state index contributed by atoms with van der Waals surface area (Å²) in [7, 11) is 0. The highest BCUT2D eigenvalue weighted by atomic mass is 16.1. The molecule has 1 aliphatic carbocycles. The van der Waals surface area contributed by atoms with Crippen molar-refractivity contribution in [2.45, 2.75) is 33.6 Å². The van der Waals surface area contributed by atoms with Gasteiger partial charge < -0.3 is 5.32 Å². The van der Waals surface area contributed by atoms with Crippen molar-refractivity contribution in [2.75, 3.05) is 11.9 Å². The molecule has 19 heavy (non-hydrogen) atoms. The van der Waals surface area contributed by atoms with E-state index in [1.54, 1.807) is 6.07 Å². The molecule has 0 aliphatic heterocycles. The van der Waals surface area contributed by atoms with Crippen molar-refractivity contribution in [1.29, 1.82) is 0 Å². The van der Waals surface area contributed by atoms with Gasteiger partial charge in [-0.3, -0.25) is 0 Å². The number of H-pyrrole nitrogens is 1. The third-order valence-corrected chi connectivity index (χ3v) is 4.31. The van der Waals surface area contributed by atoms with Gasteiger partial charge in [0.2, 0.25) is 0 Å². The first kappa shape index (κ1) is 12.2. The normalized spacial score (nSPS) is 17.1. The molecule has 6 nitrogen and oxygen atoms in total. The van der Waals surface area contributed by atoms with E-state index < -0.39 is 0 Å². The highest BCUT2D eigenvalue weighted by Gasteiger charge is 2.44. The lowest BCUT2D eigenvalue weighted by Crippen LogP contribution is -2.22. The van der Waals surface area contributed by atoms with Gasteiger partial charge in [0.15, 0.2) is 5.65 Å². The molecule has 1 aliphatic rings. The zero-order valence-electron chi connectivity index (χ0n) is 11.5. The Bertz CT molecular complexity index is 665. The largest absolute Gasteiger partial charge is 0.369 e. The van der Waals surface area contributed by atoms with Crippen molar-refractivity contribution >= 4 is 11.5 Å². The lowest BCUT2D eigenvalue weighted by atomic mass is 9.92. The molecule has 2 N–H and O–H groups in total. The van der Waals surface area contributed by atoms with Crippen molar-refractivity contribution in [3.8, 4) is 0 Å². The summed E-state index contributed by atoms with van der Waals surface area (Å²) >= 11 is 0. The van der Waals surface area contributed by atoms with Gasteiger partial charge in [0, 0.05) is 12.6 Å². The van der Waals surface area contributed by atoms with Crippen molar-refractivity contribution in [1.82, 2.24) is 19.6 Å². The lowest BCUT2D eigenvalue weighted by Gasteiger charge is -2.20. The molecule has 2 aromatic rings. The van der Waals surface area contributed by atoms with E-state index in [0.717, 1.165) is 12.4 Å². The van der Waals surface area contributed by atoms with Crippen LogP contribution in [0, 0.1) is 18.3 Å². The van der Waals surface area contributed by atoms with Gasteiger partial charge >= 0.3 is 5.69 Å². The van der Waals surface area contributed by atoms with Crippen LogP contribution in [0.1, 0.15) is 32.5 Å². The van der Waals surface area contributed by atoms with Gasteiger partial charge in [0.05, 0.1) is 0 Å². The molecule has 2 heterocycles. The Morgan fingerprint density at radius 2 is 2.26 bits per heavy atom. The Labute approximate surface area is 111 Å². The van der Waals surface area contributed by atoms with Crippen LogP contribution >= 0.6 is 0 Å². The Morgan fingerprint density at radius 1 is 1.53 bits per heavy atom. The molecule has 0 radical (unpaired) electrons. The predicted molar refractivity (Wildman–Crippen MR) is 73.3 cm³/mol. The number of hydrogen-bond acceptors (Lipinski definition) is 4. The fourth-order valence-electron chi connectivity index (χ4n) is 2.57. The molecule has 0 spiro atoms. The minimum atomic E-state index is -0.243. The highest BCUT2D eigenvalue weighted by Crippen LogP contribution is 2.51. The molecule has 0 unspecified atom stereocenters. The molecular formula is C13H19N5O. The molecule has 0 saturated heterocycles. The zero-order valence-corrected chi connectivity index (χ0v) is 11.5. The molecule has 0 amide bonds. The van der Waals surface area contributed by atoms with Crippen molar-refractivity contribution in [3.63, 3.8) is 0 Å². The summed E-state index contributed by atoms with van der Waals surface area (Å²) in [5.74, 6) is 2.11. The number of aryl methyl sites for hydroxylation is 1. The molecule has 2 aromatic heterocycles. The van der Waals surface area contributed by atoms with E-state index in [1.807, 2.05) is 6.92 Å². The van der Waals surface area contributed by atoms with E-state index in [4.69, 9.17) is 0 Å². The summed E-state index contributed by atoms with van der Waals surface area (Å²) in [6.07, 6.45) is 2.56. The van der Waals surface area contributed by atoms with Gasteiger partial charge in [-0.1, -0.05) is 13.8 Å². The van der Waals surface area contributed by atoms with Gasteiger partial charge in [-0.25, -0.2) is 19.3 Å². The summed E-state index contributed by atoms with van der Waals surface area (Å²) in [5, 5.41) is 9.81. The third kappa shape index (κ3) is 2.01. The molecular weight excluding hydrogens is 242 g/mol. The number of aromatic amines is 1. The summed E-state index contributed by atoms with van der Waals surface area (Å²) in [4.78, 5) is 15.9. The molecule has 0 bridgehead atoms. The Hall–Kier alpha value is -1.85. The second-order valence-corrected chi connectivity index (χ2v) is 5.78. The Kier molecular flexibility index (Phi) is 2.62. The Morgan fingerprint density at radius 3 is 2.89 bits per heavy atom. The van der Waals surface area contributed by atoms with Crippen LogP contribution < -0.4 is 11.0 Å². The average molecular weight is 261 g/mol. The van der Waals surface area contributed by atoms with Crippen molar-refractivity contribution in [2.24, 2.45) is 11.3 Å². The zero-order chi connectivity index (χ0) is 13.6. The number of anilines is 1. The number of nitrogens with one attached hydrogen (secondary N) is 2. The maximum atomic E-state index is 11.5. The highest BCUT2D eigenvalue weighted by molar-refractivity contribution is 5.49. The predicted octanol–water partition coefficient (Wildman–Crippen LogP) is 1.57. The first-order chi connectivity index (χ1) is 9.02. The maximum Gasteiger partial charge on any atom is 0.349 e. The van der Waals surface area contributed by atoms with Crippen LogP contribution in [0.25, 0.3) is 5.65 Å². The number of hydrogen-bond donors (Lipinski definition) is 2. The topological polar surface area (TPSA) is 75.1 Å². The fraction of sp³-hybridized carbons (Fsp3) is 0.615. The van der Waals surface area contributed by atoms with Gasteiger partial charge in [-0.05, 0) is 31.1 Å². The second-order valence-electron chi connectivity index (χ2n) is 5.78. The SMILES string of the molecule is Cc1nc(NCC2(C(C)C)CC2)cc2n[nH]c(=O)n12. The molecule has 1 fully saturated rings.